The van der Waals surface area contributed by atoms with Gasteiger partial charge in [-0.05, 0) is 0 Å². The first-order chi connectivity index (χ1) is 8.68. The summed E-state index contributed by atoms with van der Waals surface area (Å²) in [5, 5.41) is 21.3. The molecule has 1 aromatic rings. The molecule has 0 radical (unpaired) electrons. The number of nitro benzene ring substituents is 2. The van der Waals surface area contributed by atoms with E-state index in [-0.39, 0.29) is 12.1 Å². The van der Waals surface area contributed by atoms with Gasteiger partial charge in [0.25, 0.3) is 0 Å². The van der Waals surface area contributed by atoms with E-state index in [1.165, 1.54) is 0 Å². The third-order valence-electron chi connectivity index (χ3n) is 2.02. The summed E-state index contributed by atoms with van der Waals surface area (Å²) in [5.74, 6) is 0. The number of nitrogens with one attached hydrogen (secondary N) is 1. The first-order valence-corrected chi connectivity index (χ1v) is 4.51. The normalized spacial score (nSPS) is 11.2. The van der Waals surface area contributed by atoms with Gasteiger partial charge in [0.1, 0.15) is 0 Å². The van der Waals surface area contributed by atoms with Gasteiger partial charge in [0.15, 0.2) is 0 Å². The molecule has 1 aromatic carbocycles. The molecule has 0 amide bonds. The van der Waals surface area contributed by atoms with Gasteiger partial charge in [0, 0.05) is 12.1 Å². The second-order valence-corrected chi connectivity index (χ2v) is 3.21. The Hall–Kier alpha value is -2.43. The van der Waals surface area contributed by atoms with Crippen molar-refractivity contribution in [3.05, 3.63) is 37.9 Å². The summed E-state index contributed by atoms with van der Waals surface area (Å²) in [6.07, 6.45) is -4.94. The number of nitro groups is 2. The number of anilines is 1. The van der Waals surface area contributed by atoms with E-state index in [1.807, 2.05) is 5.48 Å². The minimum absolute atomic E-state index is 0.189. The van der Waals surface area contributed by atoms with E-state index >= 15 is 0 Å². The molecule has 0 fully saturated rings. The topological polar surface area (TPSA) is 108 Å². The molecule has 11 heteroatoms. The summed E-state index contributed by atoms with van der Waals surface area (Å²) in [7, 11) is 1.01. The lowest BCUT2D eigenvalue weighted by molar-refractivity contribution is -0.393. The van der Waals surface area contributed by atoms with Crippen LogP contribution in [0.4, 0.5) is 30.2 Å². The summed E-state index contributed by atoms with van der Waals surface area (Å²) in [5.41, 5.74) is -2.63. The summed E-state index contributed by atoms with van der Waals surface area (Å²) < 4.78 is 37.5. The molecule has 19 heavy (non-hydrogen) atoms. The zero-order valence-corrected chi connectivity index (χ0v) is 9.22. The number of nitrogens with zero attached hydrogens (tertiary/aromatic N) is 2. The van der Waals surface area contributed by atoms with Crippen molar-refractivity contribution in [1.82, 2.24) is 0 Å². The molecule has 1 N–H and O–H groups in total. The Kier molecular flexibility index (Phi) is 3.89. The van der Waals surface area contributed by atoms with Crippen LogP contribution in [0.3, 0.4) is 0 Å². The fourth-order valence-electron chi connectivity index (χ4n) is 1.27. The van der Waals surface area contributed by atoms with E-state index in [2.05, 4.69) is 4.84 Å². The molecule has 0 heterocycles. The Labute approximate surface area is 103 Å². The molecule has 104 valence electrons. The Balaban J connectivity index is 3.62. The van der Waals surface area contributed by atoms with Gasteiger partial charge in [0.05, 0.1) is 22.5 Å². The lowest BCUT2D eigenvalue weighted by atomic mass is 10.1. The van der Waals surface area contributed by atoms with Crippen molar-refractivity contribution in [2.24, 2.45) is 0 Å². The molecule has 1 rings (SSSR count). The number of hydrogen-bond donors (Lipinski definition) is 1. The smallest absolute Gasteiger partial charge is 0.279 e. The Morgan fingerprint density at radius 2 is 1.58 bits per heavy atom. The standard InChI is InChI=1S/C8H6F3N3O5/c1-19-12-7-5(13(15)16)2-4(8(9,10)11)3-6(7)14(17)18/h2-3,12H,1H3. The van der Waals surface area contributed by atoms with Gasteiger partial charge < -0.3 is 0 Å². The number of benzene rings is 1. The zero-order chi connectivity index (χ0) is 14.8. The van der Waals surface area contributed by atoms with Crippen molar-refractivity contribution in [3.8, 4) is 0 Å². The van der Waals surface area contributed by atoms with Crippen LogP contribution in [0.1, 0.15) is 5.56 Å². The van der Waals surface area contributed by atoms with E-state index in [9.17, 15) is 33.4 Å². The van der Waals surface area contributed by atoms with E-state index < -0.39 is 38.6 Å². The quantitative estimate of drug-likeness (QED) is 0.671. The highest BCUT2D eigenvalue weighted by Gasteiger charge is 2.37. The predicted octanol–water partition coefficient (Wildman–Crippen LogP) is 2.50. The van der Waals surface area contributed by atoms with E-state index in [1.54, 1.807) is 0 Å². The molecular weight excluding hydrogens is 275 g/mol. The third-order valence-corrected chi connectivity index (χ3v) is 2.02. The highest BCUT2D eigenvalue weighted by molar-refractivity contribution is 5.74. The monoisotopic (exact) mass is 281 g/mol. The first-order valence-electron chi connectivity index (χ1n) is 4.51. The molecule has 0 aromatic heterocycles. The number of rotatable bonds is 4. The van der Waals surface area contributed by atoms with Crippen LogP contribution in [0, 0.1) is 20.2 Å². The summed E-state index contributed by atoms with van der Waals surface area (Å²) in [6, 6.07) is 0.378. The summed E-state index contributed by atoms with van der Waals surface area (Å²) in [6.45, 7) is 0. The van der Waals surface area contributed by atoms with Crippen LogP contribution in [0.25, 0.3) is 0 Å². The predicted molar refractivity (Wildman–Crippen MR) is 55.4 cm³/mol. The lowest BCUT2D eigenvalue weighted by Crippen LogP contribution is -2.10. The SMILES string of the molecule is CONc1c([N+](=O)[O-])cc(C(F)(F)F)cc1[N+](=O)[O-]. The molecule has 0 saturated carbocycles. The molecule has 0 saturated heterocycles. The molecule has 0 aliphatic carbocycles. The largest absolute Gasteiger partial charge is 0.416 e. The number of hydrogen-bond acceptors (Lipinski definition) is 6. The van der Waals surface area contributed by atoms with Crippen molar-refractivity contribution in [3.63, 3.8) is 0 Å². The minimum atomic E-state index is -4.94. The van der Waals surface area contributed by atoms with Gasteiger partial charge in [-0.1, -0.05) is 0 Å². The Morgan fingerprint density at radius 3 is 1.84 bits per heavy atom. The minimum Gasteiger partial charge on any atom is -0.279 e. The van der Waals surface area contributed by atoms with Gasteiger partial charge in [-0.2, -0.15) is 13.2 Å². The highest BCUT2D eigenvalue weighted by atomic mass is 19.4. The molecule has 0 bridgehead atoms. The molecular formula is C8H6F3N3O5. The van der Waals surface area contributed by atoms with Gasteiger partial charge >= 0.3 is 17.6 Å². The van der Waals surface area contributed by atoms with Gasteiger partial charge in [-0.3, -0.25) is 30.5 Å². The van der Waals surface area contributed by atoms with Crippen LogP contribution in [0.2, 0.25) is 0 Å². The first kappa shape index (κ1) is 14.6. The van der Waals surface area contributed by atoms with Gasteiger partial charge in [0.2, 0.25) is 5.69 Å². The Morgan fingerprint density at radius 1 is 1.16 bits per heavy atom. The molecule has 0 spiro atoms. The fourth-order valence-corrected chi connectivity index (χ4v) is 1.27. The molecule has 8 nitrogen and oxygen atoms in total. The maximum absolute atomic E-state index is 12.5. The van der Waals surface area contributed by atoms with Crippen molar-refractivity contribution < 1.29 is 27.9 Å². The van der Waals surface area contributed by atoms with Crippen molar-refractivity contribution >= 4 is 17.1 Å². The summed E-state index contributed by atoms with van der Waals surface area (Å²) >= 11 is 0. The molecule has 0 atom stereocenters. The van der Waals surface area contributed by atoms with Crippen LogP contribution in [-0.2, 0) is 11.0 Å². The zero-order valence-electron chi connectivity index (χ0n) is 9.22. The van der Waals surface area contributed by atoms with E-state index in [0.29, 0.717) is 0 Å². The number of alkyl halides is 3. The number of halogens is 3. The van der Waals surface area contributed by atoms with E-state index in [4.69, 9.17) is 0 Å². The Bertz CT molecular complexity index is 496. The van der Waals surface area contributed by atoms with E-state index in [0.717, 1.165) is 7.11 Å². The fraction of sp³-hybridized carbons (Fsp3) is 0.250. The van der Waals surface area contributed by atoms with Crippen LogP contribution in [0.15, 0.2) is 12.1 Å². The lowest BCUT2D eigenvalue weighted by Gasteiger charge is -2.10. The van der Waals surface area contributed by atoms with Crippen LogP contribution >= 0.6 is 0 Å². The third kappa shape index (κ3) is 3.07. The second kappa shape index (κ2) is 5.06. The molecule has 0 aliphatic rings. The van der Waals surface area contributed by atoms with Crippen LogP contribution < -0.4 is 5.48 Å². The maximum atomic E-state index is 12.5. The maximum Gasteiger partial charge on any atom is 0.416 e. The van der Waals surface area contributed by atoms with Crippen LogP contribution in [0.5, 0.6) is 0 Å². The van der Waals surface area contributed by atoms with Gasteiger partial charge in [-0.15, -0.1) is 0 Å². The summed E-state index contributed by atoms with van der Waals surface area (Å²) in [4.78, 5) is 23.3. The average molecular weight is 281 g/mol. The molecule has 0 unspecified atom stereocenters. The van der Waals surface area contributed by atoms with Crippen molar-refractivity contribution in [2.75, 3.05) is 12.6 Å². The molecule has 0 aliphatic heterocycles. The average Bonchev–Trinajstić information content (AvgIpc) is 2.27. The van der Waals surface area contributed by atoms with Gasteiger partial charge in [-0.25, -0.2) is 0 Å². The van der Waals surface area contributed by atoms with Crippen LogP contribution in [-0.4, -0.2) is 17.0 Å². The van der Waals surface area contributed by atoms with Crippen molar-refractivity contribution in [2.45, 2.75) is 6.18 Å². The highest BCUT2D eigenvalue weighted by Crippen LogP contribution is 2.40. The van der Waals surface area contributed by atoms with Crippen molar-refractivity contribution in [1.29, 1.82) is 0 Å². The second-order valence-electron chi connectivity index (χ2n) is 3.21.